The van der Waals surface area contributed by atoms with E-state index in [0.717, 1.165) is 0 Å². The van der Waals surface area contributed by atoms with E-state index in [1.807, 2.05) is 0 Å². The summed E-state index contributed by atoms with van der Waals surface area (Å²) in [5, 5.41) is 0.356. The Labute approximate surface area is 111 Å². The van der Waals surface area contributed by atoms with Crippen molar-refractivity contribution in [1.82, 2.24) is 0 Å². The van der Waals surface area contributed by atoms with Gasteiger partial charge >= 0.3 is 7.37 Å². The zero-order valence-electron chi connectivity index (χ0n) is 10.2. The molecule has 2 aromatic rings. The number of carbonyl (C=O) groups is 1. The molecule has 5 heteroatoms. The van der Waals surface area contributed by atoms with Crippen LogP contribution in [0.25, 0.3) is 0 Å². The van der Waals surface area contributed by atoms with Gasteiger partial charge in [-0.25, -0.2) is 0 Å². The fourth-order valence-electron chi connectivity index (χ4n) is 1.73. The molecule has 0 saturated heterocycles. The Kier molecular flexibility index (Phi) is 4.27. The molecule has 19 heavy (non-hydrogen) atoms. The van der Waals surface area contributed by atoms with Gasteiger partial charge in [0.25, 0.3) is 5.52 Å². The van der Waals surface area contributed by atoms with E-state index in [-0.39, 0.29) is 6.73 Å². The van der Waals surface area contributed by atoms with Gasteiger partial charge in [-0.05, 0) is 12.1 Å². The largest absolute Gasteiger partial charge is 0.308 e. The van der Waals surface area contributed by atoms with Crippen LogP contribution in [0.2, 0.25) is 0 Å². The van der Waals surface area contributed by atoms with Crippen molar-refractivity contribution in [1.29, 1.82) is 0 Å². The minimum atomic E-state index is -3.65. The topological polar surface area (TPSA) is 69.4 Å². The highest BCUT2D eigenvalue weighted by Gasteiger charge is 2.35. The summed E-state index contributed by atoms with van der Waals surface area (Å²) in [4.78, 5) is 12.4. The van der Waals surface area contributed by atoms with Crippen LogP contribution in [0.5, 0.6) is 0 Å². The highest BCUT2D eigenvalue weighted by Crippen LogP contribution is 2.48. The van der Waals surface area contributed by atoms with Gasteiger partial charge in [0, 0.05) is 10.9 Å². The number of hydrogen-bond donors (Lipinski definition) is 1. The van der Waals surface area contributed by atoms with Crippen molar-refractivity contribution < 1.29 is 13.9 Å². The van der Waals surface area contributed by atoms with Crippen LogP contribution in [0.15, 0.2) is 60.7 Å². The maximum Gasteiger partial charge on any atom is 0.302 e. The van der Waals surface area contributed by atoms with Gasteiger partial charge in [-0.2, -0.15) is 0 Å². The molecular formula is C14H14NO3P. The van der Waals surface area contributed by atoms with Gasteiger partial charge in [0.1, 0.15) is 6.73 Å². The Morgan fingerprint density at radius 2 is 1.53 bits per heavy atom. The summed E-state index contributed by atoms with van der Waals surface area (Å²) in [6, 6.07) is 16.8. The molecule has 4 nitrogen and oxygen atoms in total. The molecular weight excluding hydrogens is 261 g/mol. The third-order valence-corrected chi connectivity index (χ3v) is 4.92. The van der Waals surface area contributed by atoms with Crippen molar-refractivity contribution in [2.24, 2.45) is 5.73 Å². The van der Waals surface area contributed by atoms with Crippen LogP contribution < -0.4 is 11.0 Å². The first-order valence-electron chi connectivity index (χ1n) is 5.78. The Hall–Kier alpha value is -1.74. The van der Waals surface area contributed by atoms with E-state index in [2.05, 4.69) is 0 Å². The number of benzene rings is 2. The molecule has 0 aromatic heterocycles. The third kappa shape index (κ3) is 2.82. The van der Waals surface area contributed by atoms with Crippen molar-refractivity contribution in [3.05, 3.63) is 66.2 Å². The van der Waals surface area contributed by atoms with E-state index in [9.17, 15) is 9.36 Å². The second-order valence-electron chi connectivity index (χ2n) is 3.85. The summed E-state index contributed by atoms with van der Waals surface area (Å²) in [5.41, 5.74) is 5.13. The third-order valence-electron chi connectivity index (χ3n) is 2.64. The number of hydrogen-bond acceptors (Lipinski definition) is 4. The van der Waals surface area contributed by atoms with E-state index in [1.165, 1.54) is 0 Å². The summed E-state index contributed by atoms with van der Waals surface area (Å²) < 4.78 is 18.0. The van der Waals surface area contributed by atoms with E-state index in [4.69, 9.17) is 10.3 Å². The summed E-state index contributed by atoms with van der Waals surface area (Å²) in [6.45, 7) is -0.273. The highest BCUT2D eigenvalue weighted by molar-refractivity contribution is 7.83. The van der Waals surface area contributed by atoms with Crippen LogP contribution in [0.3, 0.4) is 0 Å². The molecule has 0 bridgehead atoms. The Balaban J connectivity index is 2.46. The maximum atomic E-state index is 12.9. The molecule has 1 atom stereocenters. The highest BCUT2D eigenvalue weighted by atomic mass is 31.2. The van der Waals surface area contributed by atoms with Crippen LogP contribution in [-0.4, -0.2) is 12.3 Å². The van der Waals surface area contributed by atoms with E-state index < -0.39 is 12.9 Å². The Bertz CT molecular complexity index is 599. The molecule has 0 aliphatic carbocycles. The van der Waals surface area contributed by atoms with Crippen molar-refractivity contribution in [2.45, 2.75) is 0 Å². The lowest BCUT2D eigenvalue weighted by atomic mass is 10.2. The molecule has 0 saturated carbocycles. The average Bonchev–Trinajstić information content (AvgIpc) is 2.48. The Morgan fingerprint density at radius 1 is 1.00 bits per heavy atom. The lowest BCUT2D eigenvalue weighted by molar-refractivity contribution is 0.105. The molecule has 2 N–H and O–H groups in total. The second-order valence-corrected chi connectivity index (χ2v) is 6.14. The number of carbonyl (C=O) groups excluding carboxylic acids is 1. The standard InChI is InChI=1S/C14H14NO3P/c15-11-18-19(17,13-9-5-2-6-10-13)14(16)12-7-3-1-4-8-12/h1-10H,11,15H2. The predicted octanol–water partition coefficient (Wildman–Crippen LogP) is 2.36. The summed E-state index contributed by atoms with van der Waals surface area (Å²) in [5.74, 6) is 0. The molecule has 0 spiro atoms. The zero-order chi connectivity index (χ0) is 13.7. The smallest absolute Gasteiger partial charge is 0.302 e. The molecule has 1 unspecified atom stereocenters. The first kappa shape index (κ1) is 13.7. The van der Waals surface area contributed by atoms with Gasteiger partial charge in [-0.1, -0.05) is 48.5 Å². The summed E-state index contributed by atoms with van der Waals surface area (Å²) in [7, 11) is -3.65. The summed E-state index contributed by atoms with van der Waals surface area (Å²) in [6.07, 6.45) is 0. The molecule has 0 fully saturated rings. The van der Waals surface area contributed by atoms with E-state index in [1.54, 1.807) is 60.7 Å². The molecule has 0 radical (unpaired) electrons. The van der Waals surface area contributed by atoms with Gasteiger partial charge in [0.15, 0.2) is 0 Å². The zero-order valence-corrected chi connectivity index (χ0v) is 11.1. The molecule has 0 aliphatic heterocycles. The van der Waals surface area contributed by atoms with Crippen LogP contribution in [0.4, 0.5) is 0 Å². The second kappa shape index (κ2) is 5.93. The van der Waals surface area contributed by atoms with Gasteiger partial charge < -0.3 is 10.3 Å². The van der Waals surface area contributed by atoms with Crippen LogP contribution >= 0.6 is 7.37 Å². The number of rotatable bonds is 5. The quantitative estimate of drug-likeness (QED) is 0.671. The minimum absolute atomic E-state index is 0.273. The monoisotopic (exact) mass is 275 g/mol. The van der Waals surface area contributed by atoms with Crippen LogP contribution in [0.1, 0.15) is 10.4 Å². The van der Waals surface area contributed by atoms with Crippen molar-refractivity contribution in [3.63, 3.8) is 0 Å². The van der Waals surface area contributed by atoms with Crippen molar-refractivity contribution in [3.8, 4) is 0 Å². The fourth-order valence-corrected chi connectivity index (χ4v) is 3.49. The van der Waals surface area contributed by atoms with Crippen LogP contribution in [0, 0.1) is 0 Å². The molecule has 2 rings (SSSR count). The fraction of sp³-hybridized carbons (Fsp3) is 0.0714. The minimum Gasteiger partial charge on any atom is -0.308 e. The molecule has 98 valence electrons. The lowest BCUT2D eigenvalue weighted by Gasteiger charge is -2.16. The maximum absolute atomic E-state index is 12.9. The molecule has 2 aromatic carbocycles. The average molecular weight is 275 g/mol. The molecule has 0 heterocycles. The molecule has 0 amide bonds. The number of nitrogens with two attached hydrogens (primary N) is 1. The normalized spacial score (nSPS) is 13.7. The first-order chi connectivity index (χ1) is 9.18. The van der Waals surface area contributed by atoms with Crippen LogP contribution in [-0.2, 0) is 9.09 Å². The summed E-state index contributed by atoms with van der Waals surface area (Å²) >= 11 is 0. The van der Waals surface area contributed by atoms with E-state index in [0.29, 0.717) is 10.9 Å². The SMILES string of the molecule is NCOP(=O)(C(=O)c1ccccc1)c1ccccc1. The lowest BCUT2D eigenvalue weighted by Crippen LogP contribution is -2.18. The van der Waals surface area contributed by atoms with Gasteiger partial charge in [-0.15, -0.1) is 0 Å². The van der Waals surface area contributed by atoms with E-state index >= 15 is 0 Å². The van der Waals surface area contributed by atoms with Gasteiger partial charge in [0.05, 0.1) is 0 Å². The van der Waals surface area contributed by atoms with Gasteiger partial charge in [-0.3, -0.25) is 9.36 Å². The molecule has 0 aliphatic rings. The first-order valence-corrected chi connectivity index (χ1v) is 7.41. The van der Waals surface area contributed by atoms with Crippen molar-refractivity contribution in [2.75, 3.05) is 6.73 Å². The predicted molar refractivity (Wildman–Crippen MR) is 74.6 cm³/mol. The van der Waals surface area contributed by atoms with Gasteiger partial charge in [0.2, 0.25) is 0 Å². The van der Waals surface area contributed by atoms with Crippen molar-refractivity contribution >= 4 is 18.2 Å². The Morgan fingerprint density at radius 3 is 2.05 bits per heavy atom.